The largest absolute Gasteiger partial charge is 0.507 e. The molecule has 1 aromatic heterocycles. The molecule has 0 unspecified atom stereocenters. The third-order valence-electron chi connectivity index (χ3n) is 6.55. The second-order valence-electron chi connectivity index (χ2n) is 8.90. The van der Waals surface area contributed by atoms with E-state index in [2.05, 4.69) is 0 Å². The summed E-state index contributed by atoms with van der Waals surface area (Å²) in [5, 5.41) is 20.6. The first-order valence-corrected chi connectivity index (χ1v) is 10.8. The molecule has 1 saturated carbocycles. The molecule has 0 bridgehead atoms. The summed E-state index contributed by atoms with van der Waals surface area (Å²) in [5.74, 6) is -1.90. The van der Waals surface area contributed by atoms with Crippen LogP contribution in [-0.2, 0) is 4.79 Å². The fourth-order valence-electron chi connectivity index (χ4n) is 5.06. The molecule has 0 spiro atoms. The third kappa shape index (κ3) is 3.58. The molecule has 3 aromatic rings. The lowest BCUT2D eigenvalue weighted by Crippen LogP contribution is -2.21. The number of carboxylic acids is 1. The number of carbonyl (C=O) groups is 1. The summed E-state index contributed by atoms with van der Waals surface area (Å²) in [6.07, 6.45) is 2.42. The first kappa shape index (κ1) is 21.3. The standard InChI is InChI=1S/C25H27F2NO3/c1-13(2)23-21(15-4-6-16(7-5-15)25(30)31)22-20(29)11-10-19(27)24(22)28(23)17-8-9-18(26)14(3)12-17/h8-13,15-16,29H,4-7H2,1-3H3,(H,30,31). The molecule has 0 aliphatic heterocycles. The van der Waals surface area contributed by atoms with E-state index in [1.54, 1.807) is 23.6 Å². The lowest BCUT2D eigenvalue weighted by molar-refractivity contribution is -0.142. The highest BCUT2D eigenvalue weighted by Gasteiger charge is 2.33. The zero-order valence-electron chi connectivity index (χ0n) is 18.0. The highest BCUT2D eigenvalue weighted by molar-refractivity contribution is 5.93. The highest BCUT2D eigenvalue weighted by Crippen LogP contribution is 2.47. The molecule has 1 fully saturated rings. The minimum atomic E-state index is -0.777. The molecule has 1 heterocycles. The van der Waals surface area contributed by atoms with Gasteiger partial charge in [-0.05, 0) is 85.9 Å². The van der Waals surface area contributed by atoms with Crippen LogP contribution in [0.1, 0.15) is 68.2 Å². The van der Waals surface area contributed by atoms with Gasteiger partial charge >= 0.3 is 5.97 Å². The topological polar surface area (TPSA) is 62.5 Å². The molecule has 1 aliphatic rings. The SMILES string of the molecule is Cc1cc(-n2c(C(C)C)c(C3CCC(C(=O)O)CC3)c3c(O)ccc(F)c32)ccc1F. The van der Waals surface area contributed by atoms with Crippen molar-refractivity contribution in [3.8, 4) is 11.4 Å². The van der Waals surface area contributed by atoms with Crippen molar-refractivity contribution < 1.29 is 23.8 Å². The second kappa shape index (κ2) is 7.98. The van der Waals surface area contributed by atoms with E-state index in [4.69, 9.17) is 0 Å². The van der Waals surface area contributed by atoms with Gasteiger partial charge in [-0.15, -0.1) is 0 Å². The Balaban J connectivity index is 2.00. The van der Waals surface area contributed by atoms with Gasteiger partial charge in [0.1, 0.15) is 17.4 Å². The van der Waals surface area contributed by atoms with Gasteiger partial charge in [0.05, 0.1) is 11.4 Å². The molecule has 0 atom stereocenters. The summed E-state index contributed by atoms with van der Waals surface area (Å²) < 4.78 is 31.0. The van der Waals surface area contributed by atoms with E-state index in [0.29, 0.717) is 42.3 Å². The fourth-order valence-corrected chi connectivity index (χ4v) is 5.06. The van der Waals surface area contributed by atoms with Gasteiger partial charge in [-0.1, -0.05) is 13.8 Å². The maximum atomic E-state index is 15.2. The summed E-state index contributed by atoms with van der Waals surface area (Å²) >= 11 is 0. The number of benzene rings is 2. The van der Waals surface area contributed by atoms with Gasteiger partial charge in [-0.3, -0.25) is 4.79 Å². The van der Waals surface area contributed by atoms with Crippen LogP contribution >= 0.6 is 0 Å². The van der Waals surface area contributed by atoms with Gasteiger partial charge in [0.15, 0.2) is 0 Å². The smallest absolute Gasteiger partial charge is 0.306 e. The van der Waals surface area contributed by atoms with Gasteiger partial charge in [0, 0.05) is 16.8 Å². The van der Waals surface area contributed by atoms with Crippen LogP contribution in [0.15, 0.2) is 30.3 Å². The van der Waals surface area contributed by atoms with Crippen molar-refractivity contribution in [2.45, 2.75) is 58.3 Å². The van der Waals surface area contributed by atoms with E-state index in [1.165, 1.54) is 18.2 Å². The molecule has 2 aromatic carbocycles. The first-order chi connectivity index (χ1) is 14.7. The number of rotatable bonds is 4. The number of hydrogen-bond acceptors (Lipinski definition) is 2. The predicted octanol–water partition coefficient (Wildman–Crippen LogP) is 6.40. The van der Waals surface area contributed by atoms with E-state index in [0.717, 1.165) is 11.3 Å². The van der Waals surface area contributed by atoms with Crippen molar-refractivity contribution in [2.24, 2.45) is 5.92 Å². The Labute approximate surface area is 180 Å². The fraction of sp³-hybridized carbons (Fsp3) is 0.400. The number of halogens is 2. The van der Waals surface area contributed by atoms with Crippen molar-refractivity contribution in [1.29, 1.82) is 0 Å². The zero-order chi connectivity index (χ0) is 22.4. The number of phenolic OH excluding ortho intramolecular Hbond substituents is 1. The van der Waals surface area contributed by atoms with Crippen molar-refractivity contribution in [3.63, 3.8) is 0 Å². The Hall–Kier alpha value is -2.89. The van der Waals surface area contributed by atoms with E-state index < -0.39 is 11.8 Å². The lowest BCUT2D eigenvalue weighted by Gasteiger charge is -2.28. The molecule has 4 rings (SSSR count). The minimum Gasteiger partial charge on any atom is -0.507 e. The molecular formula is C25H27F2NO3. The van der Waals surface area contributed by atoms with Gasteiger partial charge in [0.25, 0.3) is 0 Å². The van der Waals surface area contributed by atoms with E-state index in [-0.39, 0.29) is 34.8 Å². The van der Waals surface area contributed by atoms with Gasteiger partial charge < -0.3 is 14.8 Å². The van der Waals surface area contributed by atoms with E-state index >= 15 is 4.39 Å². The van der Waals surface area contributed by atoms with Crippen LogP contribution in [0.3, 0.4) is 0 Å². The van der Waals surface area contributed by atoms with Crippen molar-refractivity contribution in [3.05, 3.63) is 58.8 Å². The molecule has 0 amide bonds. The average Bonchev–Trinajstić information content (AvgIpc) is 3.10. The third-order valence-corrected chi connectivity index (χ3v) is 6.55. The summed E-state index contributed by atoms with van der Waals surface area (Å²) in [5.41, 5.74) is 3.14. The number of hydrogen-bond donors (Lipinski definition) is 2. The van der Waals surface area contributed by atoms with Crippen molar-refractivity contribution in [2.75, 3.05) is 0 Å². The molecular weight excluding hydrogens is 400 g/mol. The first-order valence-electron chi connectivity index (χ1n) is 10.8. The average molecular weight is 427 g/mol. The number of nitrogens with zero attached hydrogens (tertiary/aromatic N) is 1. The maximum Gasteiger partial charge on any atom is 0.306 e. The Morgan fingerprint density at radius 3 is 2.29 bits per heavy atom. The maximum absolute atomic E-state index is 15.2. The number of phenols is 1. The van der Waals surface area contributed by atoms with Gasteiger partial charge in [-0.25, -0.2) is 8.78 Å². The summed E-state index contributed by atoms with van der Waals surface area (Å²) in [7, 11) is 0. The molecule has 6 heteroatoms. The molecule has 2 N–H and O–H groups in total. The Morgan fingerprint density at radius 1 is 1.06 bits per heavy atom. The normalized spacial score (nSPS) is 19.3. The van der Waals surface area contributed by atoms with E-state index in [1.807, 2.05) is 13.8 Å². The molecule has 1 aliphatic carbocycles. The number of fused-ring (bicyclic) bond motifs is 1. The van der Waals surface area contributed by atoms with E-state index in [9.17, 15) is 19.4 Å². The quantitative estimate of drug-likeness (QED) is 0.506. The molecule has 164 valence electrons. The van der Waals surface area contributed by atoms with Crippen LogP contribution in [0.25, 0.3) is 16.6 Å². The van der Waals surface area contributed by atoms with Crippen LogP contribution in [-0.4, -0.2) is 20.7 Å². The van der Waals surface area contributed by atoms with Crippen LogP contribution < -0.4 is 0 Å². The van der Waals surface area contributed by atoms with Crippen molar-refractivity contribution >= 4 is 16.9 Å². The molecule has 0 radical (unpaired) electrons. The Bertz CT molecular complexity index is 1160. The van der Waals surface area contributed by atoms with Crippen LogP contribution in [0.4, 0.5) is 8.78 Å². The van der Waals surface area contributed by atoms with Gasteiger partial charge in [-0.2, -0.15) is 0 Å². The summed E-state index contributed by atoms with van der Waals surface area (Å²) in [6.45, 7) is 5.70. The monoisotopic (exact) mass is 427 g/mol. The summed E-state index contributed by atoms with van der Waals surface area (Å²) in [6, 6.07) is 7.31. The molecule has 4 nitrogen and oxygen atoms in total. The number of aliphatic carboxylic acids is 1. The Kier molecular flexibility index (Phi) is 5.50. The van der Waals surface area contributed by atoms with Crippen molar-refractivity contribution in [1.82, 2.24) is 4.57 Å². The number of carboxylic acid groups (broad SMARTS) is 1. The van der Waals surface area contributed by atoms with Crippen LogP contribution in [0, 0.1) is 24.5 Å². The summed E-state index contributed by atoms with van der Waals surface area (Å²) in [4.78, 5) is 11.4. The number of aromatic nitrogens is 1. The lowest BCUT2D eigenvalue weighted by atomic mass is 9.77. The second-order valence-corrected chi connectivity index (χ2v) is 8.90. The number of aryl methyl sites for hydroxylation is 1. The molecule has 0 saturated heterocycles. The van der Waals surface area contributed by atoms with Gasteiger partial charge in [0.2, 0.25) is 0 Å². The van der Waals surface area contributed by atoms with Crippen LogP contribution in [0.2, 0.25) is 0 Å². The predicted molar refractivity (Wildman–Crippen MR) is 116 cm³/mol. The number of aromatic hydroxyl groups is 1. The minimum absolute atomic E-state index is 0.00348. The Morgan fingerprint density at radius 2 is 1.71 bits per heavy atom. The zero-order valence-corrected chi connectivity index (χ0v) is 18.0. The molecule has 31 heavy (non-hydrogen) atoms. The highest BCUT2D eigenvalue weighted by atomic mass is 19.1. The van der Waals surface area contributed by atoms with Crippen LogP contribution in [0.5, 0.6) is 5.75 Å².